The highest BCUT2D eigenvalue weighted by atomic mass is 16.2. The Morgan fingerprint density at radius 3 is 2.73 bits per heavy atom. The van der Waals surface area contributed by atoms with E-state index in [2.05, 4.69) is 10.3 Å². The number of amides is 2. The molecule has 3 N–H and O–H groups in total. The second-order valence-corrected chi connectivity index (χ2v) is 2.29. The van der Waals surface area contributed by atoms with Gasteiger partial charge in [-0.1, -0.05) is 6.92 Å². The largest absolute Gasteiger partial charge is 0.369 e. The minimum absolute atomic E-state index is 0.107. The molecule has 1 atom stereocenters. The topological polar surface area (TPSA) is 84.6 Å². The van der Waals surface area contributed by atoms with Crippen LogP contribution in [0.15, 0.2) is 4.99 Å². The third-order valence-electron chi connectivity index (χ3n) is 1.50. The van der Waals surface area contributed by atoms with Gasteiger partial charge in [-0.25, -0.2) is 0 Å². The zero-order chi connectivity index (χ0) is 8.43. The van der Waals surface area contributed by atoms with Crippen molar-refractivity contribution in [2.75, 3.05) is 0 Å². The lowest BCUT2D eigenvalue weighted by Crippen LogP contribution is -2.47. The normalized spacial score (nSPS) is 24.5. The molecule has 0 saturated heterocycles. The van der Waals surface area contributed by atoms with Crippen LogP contribution >= 0.6 is 0 Å². The SMILES string of the molecule is CCC1C(=O)N=C(N)NC1=O. The Hall–Kier alpha value is -1.39. The van der Waals surface area contributed by atoms with Gasteiger partial charge in [-0.15, -0.1) is 0 Å². The Labute approximate surface area is 63.7 Å². The number of nitrogens with two attached hydrogens (primary N) is 1. The first-order valence-corrected chi connectivity index (χ1v) is 3.34. The molecule has 0 spiro atoms. The molecular formula is C6H9N3O2. The van der Waals surface area contributed by atoms with E-state index in [4.69, 9.17) is 5.73 Å². The highest BCUT2D eigenvalue weighted by Crippen LogP contribution is 2.07. The van der Waals surface area contributed by atoms with Crippen molar-refractivity contribution >= 4 is 17.8 Å². The number of aliphatic imine (C=N–C) groups is 1. The van der Waals surface area contributed by atoms with Crippen molar-refractivity contribution in [3.63, 3.8) is 0 Å². The van der Waals surface area contributed by atoms with Crippen LogP contribution in [-0.4, -0.2) is 17.8 Å². The zero-order valence-corrected chi connectivity index (χ0v) is 6.13. The van der Waals surface area contributed by atoms with E-state index in [1.165, 1.54) is 0 Å². The van der Waals surface area contributed by atoms with Crippen molar-refractivity contribution in [3.8, 4) is 0 Å². The number of hydrogen-bond acceptors (Lipinski definition) is 3. The average molecular weight is 155 g/mol. The Bertz CT molecular complexity index is 234. The monoisotopic (exact) mass is 155 g/mol. The quantitative estimate of drug-likeness (QED) is 0.475. The van der Waals surface area contributed by atoms with Crippen LogP contribution in [-0.2, 0) is 9.59 Å². The predicted molar refractivity (Wildman–Crippen MR) is 38.6 cm³/mol. The molecule has 5 heteroatoms. The number of hydrogen-bond donors (Lipinski definition) is 2. The van der Waals surface area contributed by atoms with Gasteiger partial charge >= 0.3 is 0 Å². The molecule has 0 aliphatic carbocycles. The second-order valence-electron chi connectivity index (χ2n) is 2.29. The highest BCUT2D eigenvalue weighted by molar-refractivity contribution is 6.14. The second kappa shape index (κ2) is 2.69. The summed E-state index contributed by atoms with van der Waals surface area (Å²) in [5.74, 6) is -1.56. The van der Waals surface area contributed by atoms with Gasteiger partial charge in [0.1, 0.15) is 5.92 Å². The van der Waals surface area contributed by atoms with Crippen molar-refractivity contribution in [2.45, 2.75) is 13.3 Å². The van der Waals surface area contributed by atoms with Gasteiger partial charge in [-0.05, 0) is 6.42 Å². The summed E-state index contributed by atoms with van der Waals surface area (Å²) in [6.07, 6.45) is 0.460. The minimum Gasteiger partial charge on any atom is -0.369 e. The fourth-order valence-electron chi connectivity index (χ4n) is 0.910. The first-order valence-electron chi connectivity index (χ1n) is 3.34. The Kier molecular flexibility index (Phi) is 1.89. The number of guanidine groups is 1. The fourth-order valence-corrected chi connectivity index (χ4v) is 0.910. The third kappa shape index (κ3) is 1.36. The summed E-state index contributed by atoms with van der Waals surface area (Å²) < 4.78 is 0. The Balaban J connectivity index is 2.86. The molecule has 1 rings (SSSR count). The van der Waals surface area contributed by atoms with Crippen molar-refractivity contribution in [2.24, 2.45) is 16.6 Å². The van der Waals surface area contributed by atoms with Crippen molar-refractivity contribution < 1.29 is 9.59 Å². The maximum Gasteiger partial charge on any atom is 0.261 e. The van der Waals surface area contributed by atoms with Crippen LogP contribution in [0.5, 0.6) is 0 Å². The Morgan fingerprint density at radius 2 is 2.27 bits per heavy atom. The summed E-state index contributed by atoms with van der Waals surface area (Å²) in [5.41, 5.74) is 5.13. The van der Waals surface area contributed by atoms with Gasteiger partial charge in [0.2, 0.25) is 11.9 Å². The summed E-state index contributed by atoms with van der Waals surface area (Å²) in [4.78, 5) is 25.3. The number of nitrogens with zero attached hydrogens (tertiary/aromatic N) is 1. The van der Waals surface area contributed by atoms with Crippen LogP contribution in [0.1, 0.15) is 13.3 Å². The van der Waals surface area contributed by atoms with Crippen LogP contribution in [0.3, 0.4) is 0 Å². The first-order chi connectivity index (χ1) is 5.15. The summed E-state index contributed by atoms with van der Waals surface area (Å²) in [7, 11) is 0. The van der Waals surface area contributed by atoms with Crippen LogP contribution in [0.25, 0.3) is 0 Å². The van der Waals surface area contributed by atoms with E-state index in [1.807, 2.05) is 0 Å². The smallest absolute Gasteiger partial charge is 0.261 e. The molecular weight excluding hydrogens is 146 g/mol. The van der Waals surface area contributed by atoms with Gasteiger partial charge in [0.05, 0.1) is 0 Å². The minimum atomic E-state index is -0.651. The molecule has 0 aromatic heterocycles. The predicted octanol–water partition coefficient (Wildman–Crippen LogP) is -1.02. The molecule has 5 nitrogen and oxygen atoms in total. The van der Waals surface area contributed by atoms with E-state index in [0.717, 1.165) is 0 Å². The first kappa shape index (κ1) is 7.71. The number of carbonyl (C=O) groups excluding carboxylic acids is 2. The summed E-state index contributed by atoms with van der Waals surface area (Å²) >= 11 is 0. The number of nitrogens with one attached hydrogen (secondary N) is 1. The summed E-state index contributed by atoms with van der Waals surface area (Å²) in [6.45, 7) is 1.75. The van der Waals surface area contributed by atoms with E-state index >= 15 is 0 Å². The lowest BCUT2D eigenvalue weighted by molar-refractivity contribution is -0.133. The molecule has 11 heavy (non-hydrogen) atoms. The number of carbonyl (C=O) groups is 2. The standard InChI is InChI=1S/C6H9N3O2/c1-2-3-4(10)8-6(7)9-5(3)11/h3H,2H2,1H3,(H3,7,8,9,10,11). The molecule has 0 radical (unpaired) electrons. The van der Waals surface area contributed by atoms with Gasteiger partial charge < -0.3 is 5.73 Å². The zero-order valence-electron chi connectivity index (χ0n) is 6.13. The van der Waals surface area contributed by atoms with E-state index in [-0.39, 0.29) is 11.9 Å². The molecule has 0 aromatic rings. The van der Waals surface area contributed by atoms with E-state index in [0.29, 0.717) is 6.42 Å². The van der Waals surface area contributed by atoms with E-state index < -0.39 is 11.8 Å². The Morgan fingerprint density at radius 1 is 1.64 bits per heavy atom. The lowest BCUT2D eigenvalue weighted by atomic mass is 10.0. The third-order valence-corrected chi connectivity index (χ3v) is 1.50. The molecule has 1 aliphatic heterocycles. The van der Waals surface area contributed by atoms with Gasteiger partial charge in [0.15, 0.2) is 0 Å². The maximum atomic E-state index is 11.0. The lowest BCUT2D eigenvalue weighted by Gasteiger charge is -2.15. The molecule has 1 heterocycles. The van der Waals surface area contributed by atoms with Crippen molar-refractivity contribution in [1.82, 2.24) is 5.32 Å². The van der Waals surface area contributed by atoms with Crippen LogP contribution in [0.4, 0.5) is 0 Å². The fraction of sp³-hybridized carbons (Fsp3) is 0.500. The van der Waals surface area contributed by atoms with Gasteiger partial charge in [0, 0.05) is 0 Å². The molecule has 0 saturated carbocycles. The molecule has 0 bridgehead atoms. The van der Waals surface area contributed by atoms with Crippen LogP contribution in [0, 0.1) is 5.92 Å². The maximum absolute atomic E-state index is 11.0. The summed E-state index contributed by atoms with van der Waals surface area (Å²) in [5, 5.41) is 2.28. The average Bonchev–Trinajstić information content (AvgIpc) is 1.85. The summed E-state index contributed by atoms with van der Waals surface area (Å²) in [6, 6.07) is 0. The molecule has 1 unspecified atom stereocenters. The van der Waals surface area contributed by atoms with E-state index in [9.17, 15) is 9.59 Å². The van der Waals surface area contributed by atoms with Crippen LogP contribution in [0.2, 0.25) is 0 Å². The molecule has 60 valence electrons. The highest BCUT2D eigenvalue weighted by Gasteiger charge is 2.28. The van der Waals surface area contributed by atoms with E-state index in [1.54, 1.807) is 6.92 Å². The molecule has 0 fully saturated rings. The molecule has 1 aliphatic rings. The van der Waals surface area contributed by atoms with Gasteiger partial charge in [0.25, 0.3) is 5.91 Å². The van der Waals surface area contributed by atoms with Gasteiger partial charge in [-0.2, -0.15) is 4.99 Å². The molecule has 2 amide bonds. The van der Waals surface area contributed by atoms with Crippen LogP contribution < -0.4 is 11.1 Å². The van der Waals surface area contributed by atoms with Gasteiger partial charge in [-0.3, -0.25) is 14.9 Å². The van der Waals surface area contributed by atoms with Crippen molar-refractivity contribution in [1.29, 1.82) is 0 Å². The van der Waals surface area contributed by atoms with Crippen molar-refractivity contribution in [3.05, 3.63) is 0 Å². The number of rotatable bonds is 1. The molecule has 0 aromatic carbocycles.